The van der Waals surface area contributed by atoms with Crippen molar-refractivity contribution >= 4 is 12.0 Å². The number of rotatable bonds is 7. The van der Waals surface area contributed by atoms with E-state index in [1.54, 1.807) is 4.90 Å². The lowest BCUT2D eigenvalue weighted by atomic mass is 9.99. The van der Waals surface area contributed by atoms with E-state index in [0.717, 1.165) is 12.8 Å². The van der Waals surface area contributed by atoms with Crippen molar-refractivity contribution in [2.45, 2.75) is 39.7 Å². The van der Waals surface area contributed by atoms with E-state index in [-0.39, 0.29) is 18.1 Å². The highest BCUT2D eigenvalue weighted by Gasteiger charge is 2.36. The molecule has 0 aromatic heterocycles. The fraction of sp³-hybridized carbons (Fsp3) is 0.857. The Hall–Kier alpha value is -1.30. The maximum absolute atomic E-state index is 11.9. The van der Waals surface area contributed by atoms with Crippen molar-refractivity contribution in [3.63, 3.8) is 0 Å². The predicted molar refractivity (Wildman–Crippen MR) is 75.6 cm³/mol. The average molecular weight is 286 g/mol. The first kappa shape index (κ1) is 16.8. The van der Waals surface area contributed by atoms with E-state index in [1.165, 1.54) is 0 Å². The molecule has 0 bridgehead atoms. The molecule has 2 N–H and O–H groups in total. The third-order valence-corrected chi connectivity index (χ3v) is 3.52. The van der Waals surface area contributed by atoms with Crippen LogP contribution in [0.5, 0.6) is 0 Å². The van der Waals surface area contributed by atoms with E-state index in [9.17, 15) is 9.59 Å². The average Bonchev–Trinajstić information content (AvgIpc) is 2.75. The van der Waals surface area contributed by atoms with E-state index in [0.29, 0.717) is 26.2 Å². The quantitative estimate of drug-likeness (QED) is 0.696. The molecule has 116 valence electrons. The Kier molecular flexibility index (Phi) is 6.78. The summed E-state index contributed by atoms with van der Waals surface area (Å²) in [6.07, 6.45) is 2.01. The molecule has 2 amide bonds. The van der Waals surface area contributed by atoms with E-state index >= 15 is 0 Å². The number of ether oxygens (including phenoxy) is 1. The molecule has 0 radical (unpaired) electrons. The smallest absolute Gasteiger partial charge is 0.317 e. The Morgan fingerprint density at radius 2 is 2.05 bits per heavy atom. The van der Waals surface area contributed by atoms with Gasteiger partial charge in [-0.2, -0.15) is 0 Å². The van der Waals surface area contributed by atoms with Crippen molar-refractivity contribution in [3.8, 4) is 0 Å². The number of aliphatic carboxylic acids is 1. The number of hydrogen-bond donors (Lipinski definition) is 2. The monoisotopic (exact) mass is 286 g/mol. The Morgan fingerprint density at radius 1 is 1.35 bits per heavy atom. The Balaban J connectivity index is 2.16. The van der Waals surface area contributed by atoms with Crippen LogP contribution < -0.4 is 5.32 Å². The van der Waals surface area contributed by atoms with Crippen LogP contribution >= 0.6 is 0 Å². The predicted octanol–water partition coefficient (Wildman–Crippen LogP) is 1.55. The zero-order chi connectivity index (χ0) is 15.1. The number of unbranched alkanes of at least 4 members (excludes halogenated alkanes) is 1. The van der Waals surface area contributed by atoms with Crippen molar-refractivity contribution < 1.29 is 19.4 Å². The minimum Gasteiger partial charge on any atom is -0.481 e. The Bertz CT molecular complexity index is 333. The summed E-state index contributed by atoms with van der Waals surface area (Å²) in [5, 5.41) is 11.9. The van der Waals surface area contributed by atoms with E-state index in [1.807, 2.05) is 20.8 Å². The van der Waals surface area contributed by atoms with Gasteiger partial charge in [-0.1, -0.05) is 6.92 Å². The van der Waals surface area contributed by atoms with Gasteiger partial charge in [0.25, 0.3) is 0 Å². The zero-order valence-electron chi connectivity index (χ0n) is 12.6. The molecule has 1 rings (SSSR count). The minimum absolute atomic E-state index is 0.0118. The fourth-order valence-electron chi connectivity index (χ4n) is 2.31. The molecule has 1 saturated heterocycles. The number of carbonyl (C=O) groups excluding carboxylic acids is 1. The van der Waals surface area contributed by atoms with Crippen LogP contribution in [0.3, 0.4) is 0 Å². The third kappa shape index (κ3) is 5.36. The molecule has 0 aromatic carbocycles. The van der Waals surface area contributed by atoms with Crippen molar-refractivity contribution in [2.75, 3.05) is 26.2 Å². The highest BCUT2D eigenvalue weighted by Crippen LogP contribution is 2.22. The second-order valence-electron chi connectivity index (χ2n) is 5.69. The van der Waals surface area contributed by atoms with Crippen LogP contribution in [-0.4, -0.2) is 54.4 Å². The van der Waals surface area contributed by atoms with Crippen LogP contribution in [0.1, 0.15) is 33.6 Å². The van der Waals surface area contributed by atoms with Gasteiger partial charge in [0.05, 0.1) is 12.0 Å². The second kappa shape index (κ2) is 8.09. The summed E-state index contributed by atoms with van der Waals surface area (Å²) in [4.78, 5) is 24.5. The van der Waals surface area contributed by atoms with Gasteiger partial charge in [0.2, 0.25) is 0 Å². The van der Waals surface area contributed by atoms with Gasteiger partial charge in [-0.3, -0.25) is 4.79 Å². The topological polar surface area (TPSA) is 78.9 Å². The summed E-state index contributed by atoms with van der Waals surface area (Å²) in [5.74, 6) is -1.25. The molecule has 20 heavy (non-hydrogen) atoms. The fourth-order valence-corrected chi connectivity index (χ4v) is 2.31. The molecule has 1 aliphatic heterocycles. The number of hydrogen-bond acceptors (Lipinski definition) is 3. The van der Waals surface area contributed by atoms with Crippen LogP contribution in [0, 0.1) is 11.8 Å². The van der Waals surface area contributed by atoms with Gasteiger partial charge in [0.15, 0.2) is 0 Å². The van der Waals surface area contributed by atoms with Crippen LogP contribution in [-0.2, 0) is 9.53 Å². The van der Waals surface area contributed by atoms with Gasteiger partial charge in [0.1, 0.15) is 0 Å². The number of carboxylic acids is 1. The van der Waals surface area contributed by atoms with Crippen LogP contribution in [0.15, 0.2) is 0 Å². The van der Waals surface area contributed by atoms with Crippen LogP contribution in [0.2, 0.25) is 0 Å². The normalized spacial score (nSPS) is 22.3. The lowest BCUT2D eigenvalue weighted by Gasteiger charge is -2.16. The number of amides is 2. The first-order valence-electron chi connectivity index (χ1n) is 7.29. The Morgan fingerprint density at radius 3 is 2.60 bits per heavy atom. The summed E-state index contributed by atoms with van der Waals surface area (Å²) in [7, 11) is 0. The first-order chi connectivity index (χ1) is 9.41. The van der Waals surface area contributed by atoms with Crippen LogP contribution in [0.4, 0.5) is 4.79 Å². The number of nitrogens with zero attached hydrogens (tertiary/aromatic N) is 1. The summed E-state index contributed by atoms with van der Waals surface area (Å²) < 4.78 is 5.41. The van der Waals surface area contributed by atoms with E-state index < -0.39 is 11.9 Å². The lowest BCUT2D eigenvalue weighted by molar-refractivity contribution is -0.142. The molecular weight excluding hydrogens is 260 g/mol. The zero-order valence-corrected chi connectivity index (χ0v) is 12.6. The van der Waals surface area contributed by atoms with Gasteiger partial charge < -0.3 is 20.1 Å². The molecular formula is C14H26N2O4. The largest absolute Gasteiger partial charge is 0.481 e. The number of urea groups is 1. The standard InChI is InChI=1S/C14H26N2O4/c1-10(2)20-7-5-4-6-15-14(19)16-8-11(3)12(9-16)13(17)18/h10-12H,4-9H2,1-3H3,(H,15,19)(H,17,18)/t11-,12-/m1/s1. The van der Waals surface area contributed by atoms with E-state index in [4.69, 9.17) is 9.84 Å². The number of nitrogens with one attached hydrogen (secondary N) is 1. The van der Waals surface area contributed by atoms with Gasteiger partial charge in [0, 0.05) is 26.2 Å². The molecule has 2 atom stereocenters. The molecule has 6 heteroatoms. The molecule has 6 nitrogen and oxygen atoms in total. The molecule has 1 heterocycles. The van der Waals surface area contributed by atoms with Gasteiger partial charge in [-0.05, 0) is 32.6 Å². The Labute approximate surface area is 120 Å². The van der Waals surface area contributed by atoms with Crippen molar-refractivity contribution in [1.29, 1.82) is 0 Å². The molecule has 1 aliphatic rings. The molecule has 0 aliphatic carbocycles. The van der Waals surface area contributed by atoms with E-state index in [2.05, 4.69) is 5.32 Å². The van der Waals surface area contributed by atoms with Crippen molar-refractivity contribution in [2.24, 2.45) is 11.8 Å². The summed E-state index contributed by atoms with van der Waals surface area (Å²) in [5.41, 5.74) is 0. The summed E-state index contributed by atoms with van der Waals surface area (Å²) >= 11 is 0. The molecule has 0 saturated carbocycles. The minimum atomic E-state index is -0.821. The maximum atomic E-state index is 11.9. The molecule has 0 spiro atoms. The lowest BCUT2D eigenvalue weighted by Crippen LogP contribution is -2.39. The van der Waals surface area contributed by atoms with Crippen molar-refractivity contribution in [3.05, 3.63) is 0 Å². The van der Waals surface area contributed by atoms with Crippen LogP contribution in [0.25, 0.3) is 0 Å². The highest BCUT2D eigenvalue weighted by molar-refractivity contribution is 5.77. The number of likely N-dealkylation sites (tertiary alicyclic amines) is 1. The molecule has 0 unspecified atom stereocenters. The maximum Gasteiger partial charge on any atom is 0.317 e. The van der Waals surface area contributed by atoms with Gasteiger partial charge in [-0.25, -0.2) is 4.79 Å². The molecule has 1 fully saturated rings. The van der Waals surface area contributed by atoms with Crippen molar-refractivity contribution in [1.82, 2.24) is 10.2 Å². The van der Waals surface area contributed by atoms with Gasteiger partial charge >= 0.3 is 12.0 Å². The number of carbonyl (C=O) groups is 2. The summed E-state index contributed by atoms with van der Waals surface area (Å²) in [6.45, 7) is 7.98. The third-order valence-electron chi connectivity index (χ3n) is 3.52. The SMILES string of the molecule is CC(C)OCCCCNC(=O)N1C[C@@H](C)[C@H](C(=O)O)C1. The second-order valence-corrected chi connectivity index (χ2v) is 5.69. The number of carboxylic acid groups (broad SMARTS) is 1. The van der Waals surface area contributed by atoms with Gasteiger partial charge in [-0.15, -0.1) is 0 Å². The molecule has 0 aromatic rings. The first-order valence-corrected chi connectivity index (χ1v) is 7.29. The highest BCUT2D eigenvalue weighted by atomic mass is 16.5. The summed E-state index contributed by atoms with van der Waals surface area (Å²) in [6, 6.07) is -0.162.